The van der Waals surface area contributed by atoms with Gasteiger partial charge in [-0.25, -0.2) is 13.2 Å². The van der Waals surface area contributed by atoms with Crippen LogP contribution in [0.3, 0.4) is 0 Å². The normalized spacial score (nSPS) is 15.5. The molecule has 1 aromatic rings. The highest BCUT2D eigenvalue weighted by molar-refractivity contribution is 7.89. The predicted molar refractivity (Wildman–Crippen MR) is 68.3 cm³/mol. The minimum absolute atomic E-state index is 0.259. The van der Waals surface area contributed by atoms with Gasteiger partial charge in [0.2, 0.25) is 15.6 Å². The highest BCUT2D eigenvalue weighted by Gasteiger charge is 2.59. The van der Waals surface area contributed by atoms with E-state index in [1.165, 1.54) is 4.72 Å². The molecule has 1 atom stereocenters. The first kappa shape index (κ1) is 17.4. The van der Waals surface area contributed by atoms with Gasteiger partial charge in [-0.15, -0.1) is 0 Å². The Morgan fingerprint density at radius 2 is 1.57 bits per heavy atom. The van der Waals surface area contributed by atoms with Gasteiger partial charge in [0.05, 0.1) is 4.90 Å². The Balaban J connectivity index is 3.35. The van der Waals surface area contributed by atoms with Crippen LogP contribution in [-0.2, 0) is 14.8 Å². The second kappa shape index (κ2) is 5.30. The Morgan fingerprint density at radius 3 is 1.90 bits per heavy atom. The quantitative estimate of drug-likeness (QED) is 0.887. The summed E-state index contributed by atoms with van der Waals surface area (Å²) in [4.78, 5) is 10.4. The Labute approximate surface area is 119 Å². The number of carboxylic acid groups (broad SMARTS) is 1. The first-order chi connectivity index (χ1) is 9.29. The van der Waals surface area contributed by atoms with E-state index in [1.807, 2.05) is 0 Å². The minimum Gasteiger partial charge on any atom is -0.480 e. The van der Waals surface area contributed by atoms with Gasteiger partial charge < -0.3 is 5.11 Å². The number of benzene rings is 1. The van der Waals surface area contributed by atoms with E-state index >= 15 is 0 Å². The molecule has 1 rings (SSSR count). The highest BCUT2D eigenvalue weighted by Crippen LogP contribution is 2.32. The summed E-state index contributed by atoms with van der Waals surface area (Å²) in [6.45, 7) is 3.41. The lowest BCUT2D eigenvalue weighted by molar-refractivity contribution is -0.201. The molecular formula is C12H14F3NO4S. The van der Waals surface area contributed by atoms with Crippen LogP contribution in [0.5, 0.6) is 0 Å². The van der Waals surface area contributed by atoms with E-state index in [9.17, 15) is 26.4 Å². The molecule has 0 heterocycles. The largest absolute Gasteiger partial charge is 0.480 e. The van der Waals surface area contributed by atoms with Crippen molar-refractivity contribution < 1.29 is 31.5 Å². The van der Waals surface area contributed by atoms with Crippen LogP contribution in [0.4, 0.5) is 13.2 Å². The molecule has 21 heavy (non-hydrogen) atoms. The van der Waals surface area contributed by atoms with Gasteiger partial charge in [0.25, 0.3) is 0 Å². The standard InChI is InChI=1S/C12H14F3NO4S/c1-7-4-8(2)6-9(5-7)21(19,20)16-11(3,10(17)18)12(13,14)15/h4-6,16H,1-3H3,(H,17,18). The summed E-state index contributed by atoms with van der Waals surface area (Å²) in [6, 6.07) is 3.96. The van der Waals surface area contributed by atoms with Gasteiger partial charge in [0.15, 0.2) is 0 Å². The molecule has 0 saturated carbocycles. The average Bonchev–Trinajstić information content (AvgIpc) is 2.25. The number of aryl methyl sites for hydroxylation is 2. The van der Waals surface area contributed by atoms with E-state index in [0.29, 0.717) is 11.1 Å². The molecule has 0 spiro atoms. The topological polar surface area (TPSA) is 83.5 Å². The van der Waals surface area contributed by atoms with Gasteiger partial charge in [-0.3, -0.25) is 0 Å². The van der Waals surface area contributed by atoms with Gasteiger partial charge >= 0.3 is 12.1 Å². The van der Waals surface area contributed by atoms with Gasteiger partial charge in [0.1, 0.15) is 0 Å². The monoisotopic (exact) mass is 325 g/mol. The number of halogens is 3. The second-order valence-corrected chi connectivity index (χ2v) is 6.54. The van der Waals surface area contributed by atoms with E-state index in [0.717, 1.165) is 12.1 Å². The molecule has 1 aromatic carbocycles. The molecule has 0 aliphatic heterocycles. The summed E-state index contributed by atoms with van der Waals surface area (Å²) < 4.78 is 63.8. The van der Waals surface area contributed by atoms with Crippen molar-refractivity contribution in [1.82, 2.24) is 4.72 Å². The number of alkyl halides is 3. The molecule has 0 radical (unpaired) electrons. The SMILES string of the molecule is Cc1cc(C)cc(S(=O)(=O)NC(C)(C(=O)O)C(F)(F)F)c1. The van der Waals surface area contributed by atoms with Crippen molar-refractivity contribution in [3.05, 3.63) is 29.3 Å². The highest BCUT2D eigenvalue weighted by atomic mass is 32.2. The van der Waals surface area contributed by atoms with Crippen LogP contribution in [-0.4, -0.2) is 31.2 Å². The average molecular weight is 325 g/mol. The number of nitrogens with one attached hydrogen (secondary N) is 1. The molecule has 0 fully saturated rings. The lowest BCUT2D eigenvalue weighted by atomic mass is 10.0. The third-order valence-electron chi connectivity index (χ3n) is 2.84. The molecule has 5 nitrogen and oxygen atoms in total. The summed E-state index contributed by atoms with van der Waals surface area (Å²) >= 11 is 0. The number of carboxylic acids is 1. The van der Waals surface area contributed by atoms with Crippen molar-refractivity contribution in [1.29, 1.82) is 0 Å². The molecule has 0 aliphatic carbocycles. The fourth-order valence-corrected chi connectivity index (χ4v) is 3.18. The fraction of sp³-hybridized carbons (Fsp3) is 0.417. The first-order valence-corrected chi connectivity index (χ1v) is 7.20. The van der Waals surface area contributed by atoms with Crippen LogP contribution in [0, 0.1) is 13.8 Å². The van der Waals surface area contributed by atoms with Crippen molar-refractivity contribution in [2.75, 3.05) is 0 Å². The number of carbonyl (C=O) groups is 1. The van der Waals surface area contributed by atoms with Crippen molar-refractivity contribution in [3.8, 4) is 0 Å². The Kier molecular flexibility index (Phi) is 4.40. The third-order valence-corrected chi connectivity index (χ3v) is 4.37. The number of aliphatic carboxylic acids is 1. The molecule has 0 aromatic heterocycles. The lowest BCUT2D eigenvalue weighted by Gasteiger charge is -2.28. The molecule has 9 heteroatoms. The summed E-state index contributed by atoms with van der Waals surface area (Å²) in [5, 5.41) is 8.74. The summed E-state index contributed by atoms with van der Waals surface area (Å²) in [7, 11) is -4.64. The summed E-state index contributed by atoms with van der Waals surface area (Å²) in [5.41, 5.74) is -2.55. The van der Waals surface area contributed by atoms with Gasteiger partial charge in [-0.2, -0.15) is 17.9 Å². The van der Waals surface area contributed by atoms with Crippen LogP contribution in [0.25, 0.3) is 0 Å². The molecule has 0 aliphatic rings. The lowest BCUT2D eigenvalue weighted by Crippen LogP contribution is -2.61. The van der Waals surface area contributed by atoms with Crippen LogP contribution >= 0.6 is 0 Å². The molecule has 2 N–H and O–H groups in total. The maximum atomic E-state index is 12.9. The van der Waals surface area contributed by atoms with E-state index in [1.54, 1.807) is 19.9 Å². The zero-order chi connectivity index (χ0) is 16.6. The van der Waals surface area contributed by atoms with Gasteiger partial charge in [-0.1, -0.05) is 6.07 Å². The minimum atomic E-state index is -5.29. The maximum absolute atomic E-state index is 12.9. The fourth-order valence-electron chi connectivity index (χ4n) is 1.64. The van der Waals surface area contributed by atoms with Crippen molar-refractivity contribution in [2.24, 2.45) is 0 Å². The van der Waals surface area contributed by atoms with Crippen molar-refractivity contribution in [3.63, 3.8) is 0 Å². The van der Waals surface area contributed by atoms with Crippen LogP contribution < -0.4 is 4.72 Å². The zero-order valence-corrected chi connectivity index (χ0v) is 12.3. The Bertz CT molecular complexity index is 649. The molecule has 118 valence electrons. The number of sulfonamides is 1. The third kappa shape index (κ3) is 3.53. The molecular weight excluding hydrogens is 311 g/mol. The predicted octanol–water partition coefficient (Wildman–Crippen LogP) is 1.99. The van der Waals surface area contributed by atoms with Crippen LogP contribution in [0.15, 0.2) is 23.1 Å². The molecule has 0 amide bonds. The smallest absolute Gasteiger partial charge is 0.418 e. The Hall–Kier alpha value is -1.61. The van der Waals surface area contributed by atoms with Crippen molar-refractivity contribution in [2.45, 2.75) is 37.4 Å². The van der Waals surface area contributed by atoms with Crippen molar-refractivity contribution >= 4 is 16.0 Å². The van der Waals surface area contributed by atoms with E-state index in [2.05, 4.69) is 0 Å². The summed E-state index contributed by atoms with van der Waals surface area (Å²) in [6.07, 6.45) is -5.29. The first-order valence-electron chi connectivity index (χ1n) is 5.72. The second-order valence-electron chi connectivity index (χ2n) is 4.86. The molecule has 0 bridgehead atoms. The summed E-state index contributed by atoms with van der Waals surface area (Å²) in [5.74, 6) is -2.33. The maximum Gasteiger partial charge on any atom is 0.418 e. The van der Waals surface area contributed by atoms with Crippen LogP contribution in [0.2, 0.25) is 0 Å². The van der Waals surface area contributed by atoms with Gasteiger partial charge in [-0.05, 0) is 44.0 Å². The van der Waals surface area contributed by atoms with E-state index < -0.39 is 32.6 Å². The Morgan fingerprint density at radius 1 is 1.14 bits per heavy atom. The van der Waals surface area contributed by atoms with E-state index in [4.69, 9.17) is 5.11 Å². The number of hydrogen-bond donors (Lipinski definition) is 2. The van der Waals surface area contributed by atoms with Crippen LogP contribution in [0.1, 0.15) is 18.1 Å². The molecule has 0 saturated heterocycles. The molecule has 1 unspecified atom stereocenters. The zero-order valence-electron chi connectivity index (χ0n) is 11.4. The number of hydrogen-bond acceptors (Lipinski definition) is 3. The van der Waals surface area contributed by atoms with Gasteiger partial charge in [0, 0.05) is 0 Å². The number of rotatable bonds is 4. The van der Waals surface area contributed by atoms with E-state index in [-0.39, 0.29) is 6.92 Å².